The fourth-order valence-corrected chi connectivity index (χ4v) is 3.07. The van der Waals surface area contributed by atoms with E-state index in [0.29, 0.717) is 12.2 Å². The molecule has 0 aliphatic carbocycles. The lowest BCUT2D eigenvalue weighted by Gasteiger charge is -2.28. The molecule has 2 aromatic heterocycles. The van der Waals surface area contributed by atoms with E-state index in [1.165, 1.54) is 6.33 Å². The number of hydrogen-bond donors (Lipinski definition) is 0. The van der Waals surface area contributed by atoms with Crippen molar-refractivity contribution in [1.82, 2.24) is 19.5 Å². The number of rotatable bonds is 5. The fourth-order valence-electron chi connectivity index (χ4n) is 3.07. The molecule has 0 spiro atoms. The van der Waals surface area contributed by atoms with Crippen LogP contribution in [0.5, 0.6) is 0 Å². The van der Waals surface area contributed by atoms with Gasteiger partial charge < -0.3 is 14.0 Å². The summed E-state index contributed by atoms with van der Waals surface area (Å²) in [5.74, 6) is -0.0398. The molecule has 0 fully saturated rings. The van der Waals surface area contributed by atoms with Crippen LogP contribution in [0.25, 0.3) is 21.6 Å². The molecule has 184 valence electrons. The van der Waals surface area contributed by atoms with E-state index in [-0.39, 0.29) is 17.9 Å². The molecule has 12 nitrogen and oxygen atoms in total. The zero-order chi connectivity index (χ0) is 25.8. The highest BCUT2D eigenvalue weighted by molar-refractivity contribution is 6.12. The predicted octanol–water partition coefficient (Wildman–Crippen LogP) is 5.36. The van der Waals surface area contributed by atoms with Crippen LogP contribution in [0, 0.1) is 0 Å². The average molecular weight is 481 g/mol. The molecular weight excluding hydrogens is 452 g/mol. The van der Waals surface area contributed by atoms with Crippen molar-refractivity contribution < 1.29 is 19.1 Å². The highest BCUT2D eigenvalue weighted by Crippen LogP contribution is 2.26. The molecule has 2 amide bonds. The minimum Gasteiger partial charge on any atom is -0.443 e. The van der Waals surface area contributed by atoms with Crippen molar-refractivity contribution in [2.75, 3.05) is 4.90 Å². The molecule has 3 rings (SSSR count). The van der Waals surface area contributed by atoms with E-state index in [9.17, 15) is 9.59 Å². The summed E-state index contributed by atoms with van der Waals surface area (Å²) in [6.07, 6.45) is 0.938. The third kappa shape index (κ3) is 6.67. The number of amides is 2. The number of nitrogens with zero attached hydrogens (tertiary/aromatic N) is 8. The fraction of sp³-hybridized carbons (Fsp3) is 0.435. The van der Waals surface area contributed by atoms with Crippen LogP contribution in [0.15, 0.2) is 42.0 Å². The third-order valence-electron chi connectivity index (χ3n) is 4.44. The normalized spacial score (nSPS) is 11.6. The van der Waals surface area contributed by atoms with Gasteiger partial charge in [-0.1, -0.05) is 29.4 Å². The van der Waals surface area contributed by atoms with Crippen LogP contribution < -0.4 is 4.90 Å². The molecule has 35 heavy (non-hydrogen) atoms. The zero-order valence-electron chi connectivity index (χ0n) is 20.6. The first-order valence-electron chi connectivity index (χ1n) is 10.9. The number of imide groups is 1. The quantitative estimate of drug-likeness (QED) is 0.271. The number of azide groups is 1. The predicted molar refractivity (Wildman–Crippen MR) is 129 cm³/mol. The van der Waals surface area contributed by atoms with Crippen molar-refractivity contribution in [3.8, 4) is 0 Å². The summed E-state index contributed by atoms with van der Waals surface area (Å²) in [5.41, 5.74) is 9.26. The van der Waals surface area contributed by atoms with E-state index in [4.69, 9.17) is 15.0 Å². The molecule has 0 unspecified atom stereocenters. The Labute approximate surface area is 202 Å². The maximum absolute atomic E-state index is 13.0. The van der Waals surface area contributed by atoms with Gasteiger partial charge in [-0.2, -0.15) is 4.90 Å². The summed E-state index contributed by atoms with van der Waals surface area (Å²) in [6.45, 7) is 10.9. The van der Waals surface area contributed by atoms with Crippen molar-refractivity contribution in [2.45, 2.75) is 65.8 Å². The third-order valence-corrected chi connectivity index (χ3v) is 4.44. The number of carbonyl (C=O) groups is 2. The van der Waals surface area contributed by atoms with Crippen LogP contribution >= 0.6 is 0 Å². The summed E-state index contributed by atoms with van der Waals surface area (Å²) in [6, 6.07) is 7.56. The highest BCUT2D eigenvalue weighted by Gasteiger charge is 2.35. The molecule has 0 aliphatic heterocycles. The maximum Gasteiger partial charge on any atom is 0.425 e. The molecule has 1 aromatic carbocycles. The first-order valence-corrected chi connectivity index (χ1v) is 10.9. The van der Waals surface area contributed by atoms with Gasteiger partial charge in [0.05, 0.1) is 19.4 Å². The lowest BCUT2D eigenvalue weighted by Crippen LogP contribution is -2.44. The monoisotopic (exact) mass is 480 g/mol. The molecule has 3 aromatic rings. The number of fused-ring (bicyclic) bond motifs is 1. The number of imidazole rings is 1. The van der Waals surface area contributed by atoms with Gasteiger partial charge in [0.15, 0.2) is 17.0 Å². The van der Waals surface area contributed by atoms with Crippen molar-refractivity contribution >= 4 is 29.2 Å². The summed E-state index contributed by atoms with van der Waals surface area (Å²) in [4.78, 5) is 42.4. The first kappa shape index (κ1) is 25.4. The van der Waals surface area contributed by atoms with Gasteiger partial charge in [0, 0.05) is 4.91 Å². The van der Waals surface area contributed by atoms with Gasteiger partial charge in [0.2, 0.25) is 0 Å². The second-order valence-corrected chi connectivity index (χ2v) is 9.74. The Balaban J connectivity index is 1.98. The number of benzene rings is 1. The number of carbonyl (C=O) groups excluding carboxylic acids is 2. The van der Waals surface area contributed by atoms with Gasteiger partial charge in [0.1, 0.15) is 17.5 Å². The van der Waals surface area contributed by atoms with Crippen LogP contribution in [0.4, 0.5) is 15.4 Å². The minimum absolute atomic E-state index is 0.0398. The van der Waals surface area contributed by atoms with E-state index in [1.54, 1.807) is 52.4 Å². The number of aromatic nitrogens is 4. The van der Waals surface area contributed by atoms with Crippen molar-refractivity contribution in [2.24, 2.45) is 5.11 Å². The van der Waals surface area contributed by atoms with Crippen LogP contribution in [0.2, 0.25) is 0 Å². The molecule has 0 bridgehead atoms. The van der Waals surface area contributed by atoms with E-state index in [0.717, 1.165) is 16.0 Å². The van der Waals surface area contributed by atoms with E-state index in [2.05, 4.69) is 25.0 Å². The van der Waals surface area contributed by atoms with Crippen molar-refractivity contribution in [3.63, 3.8) is 0 Å². The molecule has 0 aliphatic rings. The summed E-state index contributed by atoms with van der Waals surface area (Å²) < 4.78 is 12.7. The molecule has 0 atom stereocenters. The van der Waals surface area contributed by atoms with E-state index >= 15 is 0 Å². The SMILES string of the molecule is CC(C)(C)OC(=O)N(C(=O)OC(C)(C)C)c1ncnc2c1ncn2Cc1ccc(CN=[N+]=[N-])cc1. The first-order chi connectivity index (χ1) is 16.4. The molecule has 12 heteroatoms. The molecule has 0 saturated carbocycles. The number of ether oxygens (including phenoxy) is 2. The van der Waals surface area contributed by atoms with Crippen LogP contribution in [-0.2, 0) is 22.6 Å². The van der Waals surface area contributed by atoms with Gasteiger partial charge in [0.25, 0.3) is 0 Å². The Kier molecular flexibility index (Phi) is 7.25. The Bertz CT molecular complexity index is 1240. The lowest BCUT2D eigenvalue weighted by atomic mass is 10.1. The topological polar surface area (TPSA) is 148 Å². The van der Waals surface area contributed by atoms with Crippen molar-refractivity contribution in [1.29, 1.82) is 0 Å². The molecule has 0 N–H and O–H groups in total. The second kappa shape index (κ2) is 9.98. The summed E-state index contributed by atoms with van der Waals surface area (Å²) in [7, 11) is 0. The molecular formula is C23H28N8O4. The Morgan fingerprint density at radius 2 is 1.54 bits per heavy atom. The van der Waals surface area contributed by atoms with Crippen LogP contribution in [0.3, 0.4) is 0 Å². The smallest absolute Gasteiger partial charge is 0.425 e. The summed E-state index contributed by atoms with van der Waals surface area (Å²) in [5, 5.41) is 3.56. The number of hydrogen-bond acceptors (Lipinski definition) is 8. The Hall–Kier alpha value is -4.18. The zero-order valence-corrected chi connectivity index (χ0v) is 20.6. The number of anilines is 1. The Morgan fingerprint density at radius 1 is 0.971 bits per heavy atom. The van der Waals surface area contributed by atoms with Gasteiger partial charge in [-0.25, -0.2) is 24.5 Å². The van der Waals surface area contributed by atoms with Gasteiger partial charge in [-0.05, 0) is 58.2 Å². The van der Waals surface area contributed by atoms with Gasteiger partial charge in [-0.3, -0.25) is 0 Å². The second-order valence-electron chi connectivity index (χ2n) is 9.74. The van der Waals surface area contributed by atoms with Gasteiger partial charge in [-0.15, -0.1) is 0 Å². The highest BCUT2D eigenvalue weighted by atomic mass is 16.6. The minimum atomic E-state index is -0.933. The maximum atomic E-state index is 13.0. The lowest BCUT2D eigenvalue weighted by molar-refractivity contribution is 0.0429. The molecule has 2 heterocycles. The largest absolute Gasteiger partial charge is 0.443 e. The Morgan fingerprint density at radius 3 is 2.09 bits per heavy atom. The molecule has 0 saturated heterocycles. The standard InChI is InChI=1S/C23H28N8O4/c1-22(2,3)34-20(32)31(21(33)35-23(4,5)6)19-17-18(25-13-26-19)30(14-27-17)12-16-9-7-15(8-10-16)11-28-29-24/h7-10,13-14H,11-12H2,1-6H3. The van der Waals surface area contributed by atoms with Gasteiger partial charge >= 0.3 is 12.2 Å². The molecule has 0 radical (unpaired) electrons. The van der Waals surface area contributed by atoms with E-state index < -0.39 is 23.4 Å². The average Bonchev–Trinajstić information content (AvgIpc) is 3.14. The van der Waals surface area contributed by atoms with Crippen molar-refractivity contribution in [3.05, 3.63) is 58.5 Å². The van der Waals surface area contributed by atoms with E-state index in [1.807, 2.05) is 24.3 Å². The summed E-state index contributed by atoms with van der Waals surface area (Å²) >= 11 is 0. The van der Waals surface area contributed by atoms with Crippen LogP contribution in [-0.4, -0.2) is 42.9 Å². The van der Waals surface area contributed by atoms with Crippen LogP contribution in [0.1, 0.15) is 52.7 Å².